The third-order valence-electron chi connectivity index (χ3n) is 3.40. The zero-order valence-corrected chi connectivity index (χ0v) is 14.3. The van der Waals surface area contributed by atoms with Crippen molar-refractivity contribution in [2.24, 2.45) is 0 Å². The topological polar surface area (TPSA) is 70.2 Å². The van der Waals surface area contributed by atoms with E-state index in [1.54, 1.807) is 18.2 Å². The Labute approximate surface area is 150 Å². The molecule has 132 valence electrons. The van der Waals surface area contributed by atoms with Gasteiger partial charge in [0.05, 0.1) is 6.54 Å². The summed E-state index contributed by atoms with van der Waals surface area (Å²) in [6, 6.07) is 12.8. The van der Waals surface area contributed by atoms with Crippen LogP contribution in [0.4, 0.5) is 9.18 Å². The van der Waals surface area contributed by atoms with E-state index in [-0.39, 0.29) is 24.8 Å². The van der Waals surface area contributed by atoms with Crippen molar-refractivity contribution in [1.29, 1.82) is 0 Å². The van der Waals surface area contributed by atoms with Crippen LogP contribution in [-0.4, -0.2) is 25.0 Å². The molecule has 0 atom stereocenters. The van der Waals surface area contributed by atoms with E-state index in [0.29, 0.717) is 18.0 Å². The molecule has 0 unspecified atom stereocenters. The van der Waals surface area contributed by atoms with Gasteiger partial charge in [0, 0.05) is 18.1 Å². The maximum Gasteiger partial charge on any atom is 0.315 e. The van der Waals surface area contributed by atoms with Crippen LogP contribution in [0, 0.1) is 5.82 Å². The Morgan fingerprint density at radius 2 is 1.72 bits per heavy atom. The number of halogens is 2. The van der Waals surface area contributed by atoms with Gasteiger partial charge < -0.3 is 16.0 Å². The van der Waals surface area contributed by atoms with Crippen LogP contribution in [0.15, 0.2) is 48.5 Å². The summed E-state index contributed by atoms with van der Waals surface area (Å²) in [6.07, 6.45) is 0.656. The average molecular weight is 364 g/mol. The Hall–Kier alpha value is -2.60. The molecule has 0 aromatic heterocycles. The quantitative estimate of drug-likeness (QED) is 0.707. The molecule has 5 nitrogen and oxygen atoms in total. The molecule has 0 fully saturated rings. The summed E-state index contributed by atoms with van der Waals surface area (Å²) in [5.74, 6) is -0.610. The number of nitrogens with one attached hydrogen (secondary N) is 3. The molecule has 7 heteroatoms. The van der Waals surface area contributed by atoms with Gasteiger partial charge in [0.25, 0.3) is 0 Å². The maximum absolute atomic E-state index is 12.8. The van der Waals surface area contributed by atoms with E-state index in [1.165, 1.54) is 12.1 Å². The number of urea groups is 1. The molecule has 0 saturated heterocycles. The normalized spacial score (nSPS) is 10.2. The van der Waals surface area contributed by atoms with E-state index in [4.69, 9.17) is 11.6 Å². The lowest BCUT2D eigenvalue weighted by Gasteiger charge is -2.09. The highest BCUT2D eigenvalue weighted by atomic mass is 35.5. The number of hydrogen-bond acceptors (Lipinski definition) is 2. The molecule has 2 aromatic carbocycles. The summed E-state index contributed by atoms with van der Waals surface area (Å²) in [7, 11) is 0. The van der Waals surface area contributed by atoms with Gasteiger partial charge in [0.2, 0.25) is 5.91 Å². The minimum Gasteiger partial charge on any atom is -0.354 e. The fraction of sp³-hybridized carbons (Fsp3) is 0.222. The number of amides is 3. The predicted octanol–water partition coefficient (Wildman–Crippen LogP) is 2.64. The molecule has 3 N–H and O–H groups in total. The van der Waals surface area contributed by atoms with Crippen LogP contribution in [0.2, 0.25) is 5.02 Å². The number of rotatable bonds is 7. The second-order valence-corrected chi connectivity index (χ2v) is 5.83. The third kappa shape index (κ3) is 7.22. The van der Waals surface area contributed by atoms with Crippen molar-refractivity contribution in [3.05, 3.63) is 70.5 Å². The van der Waals surface area contributed by atoms with Crippen molar-refractivity contribution in [2.75, 3.05) is 13.1 Å². The highest BCUT2D eigenvalue weighted by Crippen LogP contribution is 2.10. The minimum atomic E-state index is -0.464. The molecule has 2 aromatic rings. The van der Waals surface area contributed by atoms with E-state index >= 15 is 0 Å². The van der Waals surface area contributed by atoms with Crippen molar-refractivity contribution in [2.45, 2.75) is 13.0 Å². The Morgan fingerprint density at radius 1 is 0.960 bits per heavy atom. The van der Waals surface area contributed by atoms with Crippen LogP contribution in [0.1, 0.15) is 11.1 Å². The number of carbonyl (C=O) groups is 2. The predicted molar refractivity (Wildman–Crippen MR) is 94.8 cm³/mol. The van der Waals surface area contributed by atoms with Gasteiger partial charge in [-0.2, -0.15) is 0 Å². The van der Waals surface area contributed by atoms with Crippen molar-refractivity contribution >= 4 is 23.5 Å². The summed E-state index contributed by atoms with van der Waals surface area (Å²) in [5.41, 5.74) is 1.79. The number of hydrogen-bond donors (Lipinski definition) is 3. The molecule has 3 amide bonds. The summed E-state index contributed by atoms with van der Waals surface area (Å²) < 4.78 is 12.8. The first kappa shape index (κ1) is 18.7. The molecule has 0 saturated carbocycles. The lowest BCUT2D eigenvalue weighted by atomic mass is 10.1. The Morgan fingerprint density at radius 3 is 2.44 bits per heavy atom. The van der Waals surface area contributed by atoms with Gasteiger partial charge in [0.15, 0.2) is 0 Å². The molecule has 0 radical (unpaired) electrons. The summed E-state index contributed by atoms with van der Waals surface area (Å²) in [6.45, 7) is 0.589. The fourth-order valence-electron chi connectivity index (χ4n) is 2.11. The Bertz CT molecular complexity index is 723. The second-order valence-electron chi connectivity index (χ2n) is 5.39. The molecule has 25 heavy (non-hydrogen) atoms. The zero-order valence-electron chi connectivity index (χ0n) is 13.5. The summed E-state index contributed by atoms with van der Waals surface area (Å²) in [4.78, 5) is 23.3. The smallest absolute Gasteiger partial charge is 0.315 e. The summed E-state index contributed by atoms with van der Waals surface area (Å²) >= 11 is 5.89. The zero-order chi connectivity index (χ0) is 18.1. The number of benzene rings is 2. The van der Waals surface area contributed by atoms with Gasteiger partial charge >= 0.3 is 6.03 Å². The minimum absolute atomic E-state index is 0.120. The van der Waals surface area contributed by atoms with Gasteiger partial charge in [-0.1, -0.05) is 35.9 Å². The SMILES string of the molecule is O=C(CNC(=O)NCc1ccc(F)cc1)NCCc1cccc(Cl)c1. The largest absolute Gasteiger partial charge is 0.354 e. The van der Waals surface area contributed by atoms with Gasteiger partial charge in [0.1, 0.15) is 5.82 Å². The highest BCUT2D eigenvalue weighted by molar-refractivity contribution is 6.30. The molecule has 0 aliphatic heterocycles. The molecular weight excluding hydrogens is 345 g/mol. The maximum atomic E-state index is 12.8. The van der Waals surface area contributed by atoms with Crippen molar-refractivity contribution in [3.8, 4) is 0 Å². The van der Waals surface area contributed by atoms with Crippen molar-refractivity contribution in [3.63, 3.8) is 0 Å². The lowest BCUT2D eigenvalue weighted by Crippen LogP contribution is -2.42. The third-order valence-corrected chi connectivity index (χ3v) is 3.64. The molecule has 2 rings (SSSR count). The van der Waals surface area contributed by atoms with Crippen LogP contribution in [0.3, 0.4) is 0 Å². The van der Waals surface area contributed by atoms with E-state index in [9.17, 15) is 14.0 Å². The van der Waals surface area contributed by atoms with Gasteiger partial charge in [-0.15, -0.1) is 0 Å². The van der Waals surface area contributed by atoms with Crippen LogP contribution >= 0.6 is 11.6 Å². The molecule has 0 spiro atoms. The lowest BCUT2D eigenvalue weighted by molar-refractivity contribution is -0.120. The van der Waals surface area contributed by atoms with Gasteiger partial charge in [-0.05, 0) is 41.8 Å². The van der Waals surface area contributed by atoms with Crippen LogP contribution in [0.5, 0.6) is 0 Å². The molecule has 0 heterocycles. The van der Waals surface area contributed by atoms with E-state index in [1.807, 2.05) is 18.2 Å². The van der Waals surface area contributed by atoms with E-state index in [0.717, 1.165) is 11.1 Å². The molecule has 0 aliphatic carbocycles. The number of carbonyl (C=O) groups excluding carboxylic acids is 2. The average Bonchev–Trinajstić information content (AvgIpc) is 2.59. The van der Waals surface area contributed by atoms with Crippen LogP contribution < -0.4 is 16.0 Å². The summed E-state index contributed by atoms with van der Waals surface area (Å²) in [5, 5.41) is 8.44. The van der Waals surface area contributed by atoms with E-state index < -0.39 is 6.03 Å². The Kier molecular flexibility index (Phi) is 7.22. The molecule has 0 aliphatic rings. The first-order valence-corrected chi connectivity index (χ1v) is 8.18. The monoisotopic (exact) mass is 363 g/mol. The first-order valence-electron chi connectivity index (χ1n) is 7.80. The van der Waals surface area contributed by atoms with E-state index in [2.05, 4.69) is 16.0 Å². The molecule has 0 bridgehead atoms. The first-order chi connectivity index (χ1) is 12.0. The van der Waals surface area contributed by atoms with Gasteiger partial charge in [-0.25, -0.2) is 9.18 Å². The van der Waals surface area contributed by atoms with Gasteiger partial charge in [-0.3, -0.25) is 4.79 Å². The van der Waals surface area contributed by atoms with Crippen molar-refractivity contribution in [1.82, 2.24) is 16.0 Å². The fourth-order valence-corrected chi connectivity index (χ4v) is 2.32. The van der Waals surface area contributed by atoms with Crippen LogP contribution in [-0.2, 0) is 17.8 Å². The Balaban J connectivity index is 1.60. The van der Waals surface area contributed by atoms with Crippen LogP contribution in [0.25, 0.3) is 0 Å². The molecular formula is C18H19ClFN3O2. The highest BCUT2D eigenvalue weighted by Gasteiger charge is 2.05. The second kappa shape index (κ2) is 9.64. The standard InChI is InChI=1S/C18H19ClFN3O2/c19-15-3-1-2-13(10-15)8-9-21-17(24)12-23-18(25)22-11-14-4-6-16(20)7-5-14/h1-7,10H,8-9,11-12H2,(H,21,24)(H2,22,23,25). The van der Waals surface area contributed by atoms with Crippen molar-refractivity contribution < 1.29 is 14.0 Å².